The molecule has 1 N–H and O–H groups in total. The number of aliphatic hydroxyl groups excluding tert-OH is 1. The van der Waals surface area contributed by atoms with Gasteiger partial charge in [-0.25, -0.2) is 0 Å². The lowest BCUT2D eigenvalue weighted by Gasteiger charge is -2.31. The van der Waals surface area contributed by atoms with Crippen LogP contribution in [-0.4, -0.2) is 78.7 Å². The minimum Gasteiger partial charge on any atom is -0.507 e. The molecular formula is C29H34N2O6. The smallest absolute Gasteiger partial charge is 0.295 e. The Balaban J connectivity index is 1.68. The first-order valence-electron chi connectivity index (χ1n) is 12.6. The van der Waals surface area contributed by atoms with E-state index < -0.39 is 17.7 Å². The maximum absolute atomic E-state index is 13.3. The van der Waals surface area contributed by atoms with E-state index in [0.717, 1.165) is 18.7 Å². The lowest BCUT2D eigenvalue weighted by Crippen LogP contribution is -2.42. The highest BCUT2D eigenvalue weighted by atomic mass is 16.5. The van der Waals surface area contributed by atoms with Crippen molar-refractivity contribution in [3.8, 4) is 11.5 Å². The van der Waals surface area contributed by atoms with Crippen molar-refractivity contribution in [1.29, 1.82) is 0 Å². The maximum atomic E-state index is 13.3. The van der Waals surface area contributed by atoms with Gasteiger partial charge in [-0.2, -0.15) is 0 Å². The van der Waals surface area contributed by atoms with Gasteiger partial charge in [-0.3, -0.25) is 14.5 Å². The highest BCUT2D eigenvalue weighted by Crippen LogP contribution is 2.40. The van der Waals surface area contributed by atoms with Crippen LogP contribution in [0.15, 0.2) is 66.8 Å². The molecule has 2 aliphatic heterocycles. The molecule has 0 radical (unpaired) electrons. The summed E-state index contributed by atoms with van der Waals surface area (Å²) < 4.78 is 16.7. The number of ketones is 1. The summed E-state index contributed by atoms with van der Waals surface area (Å²) in [6, 6.07) is 13.4. The number of benzene rings is 2. The second kappa shape index (κ2) is 12.1. The zero-order valence-electron chi connectivity index (χ0n) is 21.4. The molecule has 2 aromatic carbocycles. The Hall–Kier alpha value is -3.62. The third-order valence-electron chi connectivity index (χ3n) is 6.36. The van der Waals surface area contributed by atoms with E-state index in [0.29, 0.717) is 50.0 Å². The van der Waals surface area contributed by atoms with Gasteiger partial charge in [0.2, 0.25) is 0 Å². The average Bonchev–Trinajstić information content (AvgIpc) is 3.16. The number of morpholine rings is 1. The summed E-state index contributed by atoms with van der Waals surface area (Å²) in [5, 5.41) is 11.3. The molecule has 0 unspecified atom stereocenters. The second-order valence-corrected chi connectivity index (χ2v) is 9.31. The maximum Gasteiger partial charge on any atom is 0.295 e. The highest BCUT2D eigenvalue weighted by molar-refractivity contribution is 6.46. The molecule has 8 heteroatoms. The molecule has 2 fully saturated rings. The van der Waals surface area contributed by atoms with Crippen molar-refractivity contribution in [1.82, 2.24) is 9.80 Å². The van der Waals surface area contributed by atoms with Gasteiger partial charge in [0.05, 0.1) is 30.9 Å². The lowest BCUT2D eigenvalue weighted by molar-refractivity contribution is -0.140. The third-order valence-corrected chi connectivity index (χ3v) is 6.36. The number of hydrogen-bond acceptors (Lipinski definition) is 7. The molecule has 0 saturated carbocycles. The topological polar surface area (TPSA) is 88.5 Å². The zero-order valence-corrected chi connectivity index (χ0v) is 21.4. The highest BCUT2D eigenvalue weighted by Gasteiger charge is 2.46. The van der Waals surface area contributed by atoms with Crippen LogP contribution in [0.4, 0.5) is 0 Å². The van der Waals surface area contributed by atoms with Gasteiger partial charge in [-0.1, -0.05) is 24.8 Å². The Morgan fingerprint density at radius 1 is 1.05 bits per heavy atom. The summed E-state index contributed by atoms with van der Waals surface area (Å²) in [5.41, 5.74) is 1.23. The van der Waals surface area contributed by atoms with Gasteiger partial charge in [-0.15, -0.1) is 0 Å². The van der Waals surface area contributed by atoms with Gasteiger partial charge in [-0.05, 0) is 55.8 Å². The molecule has 8 nitrogen and oxygen atoms in total. The molecule has 0 aromatic heterocycles. The number of Topliss-reactive ketones (excluding diaryl/α,β-unsaturated/α-hetero) is 1. The van der Waals surface area contributed by atoms with Crippen molar-refractivity contribution in [2.45, 2.75) is 26.0 Å². The van der Waals surface area contributed by atoms with Crippen LogP contribution >= 0.6 is 0 Å². The van der Waals surface area contributed by atoms with E-state index >= 15 is 0 Å². The van der Waals surface area contributed by atoms with Gasteiger partial charge < -0.3 is 24.2 Å². The first-order chi connectivity index (χ1) is 17.9. The molecule has 2 heterocycles. The van der Waals surface area contributed by atoms with Crippen molar-refractivity contribution < 1.29 is 28.9 Å². The number of likely N-dealkylation sites (tertiary alicyclic amines) is 1. The largest absolute Gasteiger partial charge is 0.507 e. The Labute approximate surface area is 217 Å². The van der Waals surface area contributed by atoms with Crippen LogP contribution < -0.4 is 9.47 Å². The third kappa shape index (κ3) is 6.21. The summed E-state index contributed by atoms with van der Waals surface area (Å²) >= 11 is 0. The number of carbonyl (C=O) groups is 2. The predicted molar refractivity (Wildman–Crippen MR) is 141 cm³/mol. The van der Waals surface area contributed by atoms with E-state index in [9.17, 15) is 14.7 Å². The summed E-state index contributed by atoms with van der Waals surface area (Å²) in [6.45, 7) is 11.7. The quantitative estimate of drug-likeness (QED) is 0.227. The van der Waals surface area contributed by atoms with Crippen molar-refractivity contribution in [3.63, 3.8) is 0 Å². The molecular weight excluding hydrogens is 472 g/mol. The van der Waals surface area contributed by atoms with E-state index in [2.05, 4.69) is 11.5 Å². The van der Waals surface area contributed by atoms with E-state index in [-0.39, 0.29) is 17.4 Å². The molecule has 196 valence electrons. The fraction of sp³-hybridized carbons (Fsp3) is 0.379. The van der Waals surface area contributed by atoms with E-state index in [4.69, 9.17) is 14.2 Å². The normalized spacial score (nSPS) is 19.9. The van der Waals surface area contributed by atoms with Gasteiger partial charge in [0.1, 0.15) is 23.9 Å². The van der Waals surface area contributed by atoms with Crippen molar-refractivity contribution in [3.05, 3.63) is 77.9 Å². The summed E-state index contributed by atoms with van der Waals surface area (Å²) in [4.78, 5) is 30.3. The zero-order chi connectivity index (χ0) is 26.4. The van der Waals surface area contributed by atoms with E-state index in [1.165, 1.54) is 0 Å². The van der Waals surface area contributed by atoms with Crippen LogP contribution in [0.1, 0.15) is 31.0 Å². The SMILES string of the molecule is C=CCOc1ccc(/C(O)=C2\C(=O)C(=O)N(CCN3CCOCC3)[C@@H]2c2ccc(OC(C)C)cc2)cc1. The molecule has 0 aliphatic carbocycles. The Kier molecular flexibility index (Phi) is 8.63. The Morgan fingerprint density at radius 3 is 2.32 bits per heavy atom. The number of amides is 1. The van der Waals surface area contributed by atoms with E-state index in [1.807, 2.05) is 38.1 Å². The number of hydrogen-bond donors (Lipinski definition) is 1. The van der Waals surface area contributed by atoms with Gasteiger partial charge in [0, 0.05) is 31.7 Å². The molecule has 0 bridgehead atoms. The van der Waals surface area contributed by atoms with Crippen molar-refractivity contribution in [2.24, 2.45) is 0 Å². The first kappa shape index (κ1) is 26.4. The molecule has 0 spiro atoms. The van der Waals surface area contributed by atoms with Crippen molar-refractivity contribution in [2.75, 3.05) is 46.0 Å². The van der Waals surface area contributed by atoms with Crippen LogP contribution in [0, 0.1) is 0 Å². The molecule has 2 aliphatic rings. The molecule has 37 heavy (non-hydrogen) atoms. The second-order valence-electron chi connectivity index (χ2n) is 9.31. The molecule has 1 amide bonds. The van der Waals surface area contributed by atoms with Crippen molar-refractivity contribution >= 4 is 17.4 Å². The van der Waals surface area contributed by atoms with Gasteiger partial charge >= 0.3 is 0 Å². The lowest BCUT2D eigenvalue weighted by atomic mass is 9.95. The number of nitrogens with zero attached hydrogens (tertiary/aromatic N) is 2. The standard InChI is InChI=1S/C29H34N2O6/c1-4-17-36-23-9-7-22(8-10-23)27(32)25-26(21-5-11-24(12-6-21)37-20(2)3)31(29(34)28(25)33)14-13-30-15-18-35-19-16-30/h4-12,20,26,32H,1,13-19H2,2-3H3/b27-25+/t26-/m1/s1. The average molecular weight is 507 g/mol. The number of carbonyl (C=O) groups excluding carboxylic acids is 2. The minimum atomic E-state index is -0.717. The fourth-order valence-electron chi connectivity index (χ4n) is 4.55. The summed E-state index contributed by atoms with van der Waals surface area (Å²) in [6.07, 6.45) is 1.66. The molecule has 1 atom stereocenters. The first-order valence-corrected chi connectivity index (χ1v) is 12.6. The number of ether oxygens (including phenoxy) is 3. The van der Waals surface area contributed by atoms with Crippen LogP contribution in [0.3, 0.4) is 0 Å². The Morgan fingerprint density at radius 2 is 1.70 bits per heavy atom. The molecule has 2 saturated heterocycles. The number of aliphatic hydroxyl groups is 1. The summed E-state index contributed by atoms with van der Waals surface area (Å²) in [7, 11) is 0. The van der Waals surface area contributed by atoms with Gasteiger partial charge in [0.15, 0.2) is 0 Å². The van der Waals surface area contributed by atoms with Crippen LogP contribution in [0.5, 0.6) is 11.5 Å². The monoisotopic (exact) mass is 506 g/mol. The fourth-order valence-corrected chi connectivity index (χ4v) is 4.55. The molecule has 2 aromatic rings. The predicted octanol–water partition coefficient (Wildman–Crippen LogP) is 3.79. The minimum absolute atomic E-state index is 0.0171. The van der Waals surface area contributed by atoms with Crippen LogP contribution in [0.25, 0.3) is 5.76 Å². The summed E-state index contributed by atoms with van der Waals surface area (Å²) in [5.74, 6) is -0.221. The van der Waals surface area contributed by atoms with Crippen LogP contribution in [-0.2, 0) is 14.3 Å². The van der Waals surface area contributed by atoms with Gasteiger partial charge in [0.25, 0.3) is 11.7 Å². The van der Waals surface area contributed by atoms with Crippen LogP contribution in [0.2, 0.25) is 0 Å². The molecule has 4 rings (SSSR count). The number of rotatable bonds is 10. The van der Waals surface area contributed by atoms with E-state index in [1.54, 1.807) is 35.2 Å². The Bertz CT molecular complexity index is 1130.